The van der Waals surface area contributed by atoms with Gasteiger partial charge in [0.25, 0.3) is 10.2 Å². The van der Waals surface area contributed by atoms with Gasteiger partial charge in [-0.15, -0.1) is 0 Å². The molecule has 0 bridgehead atoms. The summed E-state index contributed by atoms with van der Waals surface area (Å²) in [5, 5.41) is 3.41. The summed E-state index contributed by atoms with van der Waals surface area (Å²) in [6.45, 7) is 6.58. The third-order valence-electron chi connectivity index (χ3n) is 4.01. The Balaban J connectivity index is 1.91. The Bertz CT molecular complexity index is 422. The van der Waals surface area contributed by atoms with Crippen LogP contribution in [0.1, 0.15) is 32.6 Å². The SMILES string of the molecule is CCCNCC1CCCN(S(=O)(=O)N2CC=CCC2)C1. The van der Waals surface area contributed by atoms with Crippen molar-refractivity contribution in [3.8, 4) is 0 Å². The zero-order valence-electron chi connectivity index (χ0n) is 12.4. The minimum Gasteiger partial charge on any atom is -0.316 e. The van der Waals surface area contributed by atoms with Gasteiger partial charge in [-0.25, -0.2) is 0 Å². The van der Waals surface area contributed by atoms with Gasteiger partial charge in [0, 0.05) is 26.2 Å². The number of nitrogens with one attached hydrogen (secondary N) is 1. The van der Waals surface area contributed by atoms with Gasteiger partial charge in [0.15, 0.2) is 0 Å². The number of nitrogens with zero attached hydrogens (tertiary/aromatic N) is 2. The van der Waals surface area contributed by atoms with E-state index >= 15 is 0 Å². The molecule has 0 radical (unpaired) electrons. The van der Waals surface area contributed by atoms with Crippen molar-refractivity contribution in [2.75, 3.05) is 39.3 Å². The van der Waals surface area contributed by atoms with Gasteiger partial charge in [-0.05, 0) is 44.7 Å². The van der Waals surface area contributed by atoms with Crippen LogP contribution in [0.4, 0.5) is 0 Å². The van der Waals surface area contributed by atoms with Gasteiger partial charge in [0.05, 0.1) is 0 Å². The maximum absolute atomic E-state index is 12.6. The van der Waals surface area contributed by atoms with Crippen molar-refractivity contribution < 1.29 is 8.42 Å². The summed E-state index contributed by atoms with van der Waals surface area (Å²) >= 11 is 0. The van der Waals surface area contributed by atoms with E-state index in [0.717, 1.165) is 38.8 Å². The van der Waals surface area contributed by atoms with E-state index in [0.29, 0.717) is 32.1 Å². The summed E-state index contributed by atoms with van der Waals surface area (Å²) in [6, 6.07) is 0. The number of rotatable bonds is 6. The molecule has 0 saturated carbocycles. The number of hydrogen-bond donors (Lipinski definition) is 1. The maximum Gasteiger partial charge on any atom is 0.282 e. The lowest BCUT2D eigenvalue weighted by Crippen LogP contribution is -2.50. The highest BCUT2D eigenvalue weighted by atomic mass is 32.2. The van der Waals surface area contributed by atoms with Crippen LogP contribution in [0.25, 0.3) is 0 Å². The largest absolute Gasteiger partial charge is 0.316 e. The lowest BCUT2D eigenvalue weighted by Gasteiger charge is -2.36. The summed E-state index contributed by atoms with van der Waals surface area (Å²) in [4.78, 5) is 0. The Labute approximate surface area is 123 Å². The van der Waals surface area contributed by atoms with Gasteiger partial charge in [-0.2, -0.15) is 17.0 Å². The lowest BCUT2D eigenvalue weighted by atomic mass is 10.00. The van der Waals surface area contributed by atoms with Crippen molar-refractivity contribution in [2.45, 2.75) is 32.6 Å². The Hall–Kier alpha value is -0.430. The fourth-order valence-electron chi connectivity index (χ4n) is 2.88. The Kier molecular flexibility index (Phi) is 6.01. The molecule has 1 N–H and O–H groups in total. The second kappa shape index (κ2) is 7.54. The summed E-state index contributed by atoms with van der Waals surface area (Å²) in [5.41, 5.74) is 0. The average Bonchev–Trinajstić information content (AvgIpc) is 2.49. The van der Waals surface area contributed by atoms with E-state index in [1.807, 2.05) is 6.08 Å². The molecule has 0 aliphatic carbocycles. The average molecular weight is 301 g/mol. The first-order chi connectivity index (χ1) is 9.64. The van der Waals surface area contributed by atoms with E-state index in [9.17, 15) is 8.42 Å². The van der Waals surface area contributed by atoms with Crippen LogP contribution in [0.15, 0.2) is 12.2 Å². The minimum absolute atomic E-state index is 0.449. The molecule has 20 heavy (non-hydrogen) atoms. The van der Waals surface area contributed by atoms with Gasteiger partial charge in [-0.1, -0.05) is 19.1 Å². The third-order valence-corrected chi connectivity index (χ3v) is 5.98. The molecule has 2 aliphatic rings. The second-order valence-corrected chi connectivity index (χ2v) is 7.62. The van der Waals surface area contributed by atoms with E-state index in [2.05, 4.69) is 18.3 Å². The highest BCUT2D eigenvalue weighted by Gasteiger charge is 2.33. The van der Waals surface area contributed by atoms with E-state index in [1.54, 1.807) is 8.61 Å². The fourth-order valence-corrected chi connectivity index (χ4v) is 4.57. The van der Waals surface area contributed by atoms with Crippen molar-refractivity contribution in [3.63, 3.8) is 0 Å². The summed E-state index contributed by atoms with van der Waals surface area (Å²) in [7, 11) is -3.26. The van der Waals surface area contributed by atoms with Gasteiger partial charge in [-0.3, -0.25) is 0 Å². The molecule has 2 rings (SSSR count). The molecule has 0 amide bonds. The van der Waals surface area contributed by atoms with Gasteiger partial charge < -0.3 is 5.32 Å². The van der Waals surface area contributed by atoms with Crippen LogP contribution >= 0.6 is 0 Å². The summed E-state index contributed by atoms with van der Waals surface area (Å²) in [5.74, 6) is 0.449. The van der Waals surface area contributed by atoms with Crippen LogP contribution < -0.4 is 5.32 Å². The molecule has 116 valence electrons. The molecule has 1 unspecified atom stereocenters. The third kappa shape index (κ3) is 4.04. The van der Waals surface area contributed by atoms with Gasteiger partial charge in [0.1, 0.15) is 0 Å². The molecule has 0 spiro atoms. The van der Waals surface area contributed by atoms with Crippen molar-refractivity contribution in [3.05, 3.63) is 12.2 Å². The minimum atomic E-state index is -3.26. The van der Waals surface area contributed by atoms with Crippen LogP contribution in [0.3, 0.4) is 0 Å². The second-order valence-electron chi connectivity index (χ2n) is 5.70. The molecule has 0 aromatic rings. The van der Waals surface area contributed by atoms with Crippen molar-refractivity contribution in [2.24, 2.45) is 5.92 Å². The number of hydrogen-bond acceptors (Lipinski definition) is 3. The molecule has 5 nitrogen and oxygen atoms in total. The fraction of sp³-hybridized carbons (Fsp3) is 0.857. The van der Waals surface area contributed by atoms with Crippen molar-refractivity contribution >= 4 is 10.2 Å². The van der Waals surface area contributed by atoms with E-state index in [-0.39, 0.29) is 0 Å². The normalized spacial score (nSPS) is 25.9. The van der Waals surface area contributed by atoms with Crippen LogP contribution in [0.2, 0.25) is 0 Å². The molecule has 2 heterocycles. The molecule has 6 heteroatoms. The predicted molar refractivity (Wildman–Crippen MR) is 81.7 cm³/mol. The summed E-state index contributed by atoms with van der Waals surface area (Å²) < 4.78 is 28.5. The monoisotopic (exact) mass is 301 g/mol. The molecule has 1 saturated heterocycles. The van der Waals surface area contributed by atoms with Crippen LogP contribution in [-0.2, 0) is 10.2 Å². The Morgan fingerprint density at radius 3 is 2.80 bits per heavy atom. The van der Waals surface area contributed by atoms with Crippen LogP contribution in [-0.4, -0.2) is 56.3 Å². The molecule has 1 atom stereocenters. The lowest BCUT2D eigenvalue weighted by molar-refractivity contribution is 0.244. The summed E-state index contributed by atoms with van der Waals surface area (Å²) in [6.07, 6.45) is 8.05. The van der Waals surface area contributed by atoms with Crippen LogP contribution in [0, 0.1) is 5.92 Å². The first-order valence-corrected chi connectivity index (χ1v) is 9.15. The van der Waals surface area contributed by atoms with Crippen LogP contribution in [0.5, 0.6) is 0 Å². The predicted octanol–water partition coefficient (Wildman–Crippen LogP) is 1.20. The van der Waals surface area contributed by atoms with Gasteiger partial charge in [0.2, 0.25) is 0 Å². The first-order valence-electron chi connectivity index (χ1n) is 7.75. The number of piperidine rings is 1. The highest BCUT2D eigenvalue weighted by Crippen LogP contribution is 2.21. The topological polar surface area (TPSA) is 52.7 Å². The highest BCUT2D eigenvalue weighted by molar-refractivity contribution is 7.86. The molecular formula is C14H27N3O2S. The molecule has 1 fully saturated rings. The smallest absolute Gasteiger partial charge is 0.282 e. The zero-order valence-corrected chi connectivity index (χ0v) is 13.2. The molecule has 2 aliphatic heterocycles. The van der Waals surface area contributed by atoms with Gasteiger partial charge >= 0.3 is 0 Å². The van der Waals surface area contributed by atoms with E-state index in [1.165, 1.54) is 0 Å². The standard InChI is InChI=1S/C14H27N3O2S/c1-2-8-15-12-14-7-6-11-17(13-14)20(18,19)16-9-4-3-5-10-16/h3-4,14-15H,2,5-13H2,1H3. The first kappa shape index (κ1) is 15.9. The molecule has 0 aromatic heterocycles. The Morgan fingerprint density at radius 1 is 1.25 bits per heavy atom. The van der Waals surface area contributed by atoms with Crippen molar-refractivity contribution in [1.29, 1.82) is 0 Å². The quantitative estimate of drug-likeness (QED) is 0.592. The molecule has 0 aromatic carbocycles. The van der Waals surface area contributed by atoms with E-state index in [4.69, 9.17) is 0 Å². The zero-order chi connectivity index (χ0) is 14.4. The van der Waals surface area contributed by atoms with Crippen molar-refractivity contribution in [1.82, 2.24) is 13.9 Å². The Morgan fingerprint density at radius 2 is 2.10 bits per heavy atom. The maximum atomic E-state index is 12.6. The molecular weight excluding hydrogens is 274 g/mol. The van der Waals surface area contributed by atoms with E-state index < -0.39 is 10.2 Å².